The zero-order chi connectivity index (χ0) is 15.0. The molecule has 0 aromatic heterocycles. The summed E-state index contributed by atoms with van der Waals surface area (Å²) in [6.07, 6.45) is 1.86. The van der Waals surface area contributed by atoms with Crippen molar-refractivity contribution < 1.29 is 16.8 Å². The van der Waals surface area contributed by atoms with Crippen molar-refractivity contribution in [1.29, 1.82) is 0 Å². The Hall–Kier alpha value is -0.630. The van der Waals surface area contributed by atoms with E-state index in [1.165, 1.54) is 22.7 Å². The van der Waals surface area contributed by atoms with Gasteiger partial charge in [0.1, 0.15) is 9.84 Å². The highest BCUT2D eigenvalue weighted by atomic mass is 35.5. The van der Waals surface area contributed by atoms with Crippen LogP contribution in [0, 0.1) is 0 Å². The fourth-order valence-electron chi connectivity index (χ4n) is 2.28. The lowest BCUT2D eigenvalue weighted by Gasteiger charge is -2.30. The number of sulfone groups is 1. The maximum Gasteiger partial charge on any atom is 0.243 e. The van der Waals surface area contributed by atoms with E-state index in [9.17, 15) is 16.8 Å². The van der Waals surface area contributed by atoms with Crippen LogP contribution in [0.5, 0.6) is 0 Å². The normalized spacial score (nSPS) is 19.1. The minimum absolute atomic E-state index is 0.141. The molecule has 1 heterocycles. The highest BCUT2D eigenvalue weighted by Gasteiger charge is 2.33. The van der Waals surface area contributed by atoms with Crippen LogP contribution in [0.15, 0.2) is 29.2 Å². The van der Waals surface area contributed by atoms with E-state index in [2.05, 4.69) is 0 Å². The van der Waals surface area contributed by atoms with Crippen molar-refractivity contribution in [2.75, 3.05) is 19.3 Å². The van der Waals surface area contributed by atoms with Crippen molar-refractivity contribution in [2.24, 2.45) is 0 Å². The lowest BCUT2D eigenvalue weighted by atomic mass is 10.2. The molecule has 1 aromatic carbocycles. The maximum atomic E-state index is 12.4. The Labute approximate surface area is 124 Å². The number of nitrogens with zero attached hydrogens (tertiary/aromatic N) is 1. The number of sulfonamides is 1. The summed E-state index contributed by atoms with van der Waals surface area (Å²) in [4.78, 5) is 0.141. The van der Waals surface area contributed by atoms with Crippen LogP contribution in [0.1, 0.15) is 12.8 Å². The quantitative estimate of drug-likeness (QED) is 0.838. The van der Waals surface area contributed by atoms with Gasteiger partial charge in [-0.2, -0.15) is 4.31 Å². The second-order valence-electron chi connectivity index (χ2n) is 4.89. The van der Waals surface area contributed by atoms with Crippen molar-refractivity contribution in [3.8, 4) is 0 Å². The highest BCUT2D eigenvalue weighted by molar-refractivity contribution is 7.91. The summed E-state index contributed by atoms with van der Waals surface area (Å²) in [5.74, 6) is 0. The van der Waals surface area contributed by atoms with Crippen LogP contribution >= 0.6 is 11.6 Å². The molecule has 0 saturated carbocycles. The van der Waals surface area contributed by atoms with Gasteiger partial charge in [0.15, 0.2) is 0 Å². The monoisotopic (exact) mass is 337 g/mol. The van der Waals surface area contributed by atoms with Crippen molar-refractivity contribution in [3.05, 3.63) is 29.3 Å². The lowest BCUT2D eigenvalue weighted by Crippen LogP contribution is -2.42. The van der Waals surface area contributed by atoms with Crippen LogP contribution in [-0.2, 0) is 19.9 Å². The molecular weight excluding hydrogens is 322 g/mol. The average Bonchev–Trinajstić information content (AvgIpc) is 2.38. The van der Waals surface area contributed by atoms with E-state index >= 15 is 0 Å². The van der Waals surface area contributed by atoms with Crippen molar-refractivity contribution in [3.63, 3.8) is 0 Å². The predicted octanol–water partition coefficient (Wildman–Crippen LogP) is 1.54. The first-order valence-corrected chi connectivity index (χ1v) is 9.93. The van der Waals surface area contributed by atoms with Crippen LogP contribution in [0.25, 0.3) is 0 Å². The zero-order valence-corrected chi connectivity index (χ0v) is 13.4. The summed E-state index contributed by atoms with van der Waals surface area (Å²) in [6.45, 7) is 0.430. The molecule has 5 nitrogen and oxygen atoms in total. The van der Waals surface area contributed by atoms with Gasteiger partial charge < -0.3 is 0 Å². The summed E-state index contributed by atoms with van der Waals surface area (Å²) < 4.78 is 49.1. The molecule has 1 aromatic rings. The van der Waals surface area contributed by atoms with Crippen molar-refractivity contribution in [2.45, 2.75) is 23.0 Å². The van der Waals surface area contributed by atoms with Gasteiger partial charge in [0.2, 0.25) is 10.0 Å². The summed E-state index contributed by atoms with van der Waals surface area (Å²) in [7, 11) is -6.71. The molecule has 0 amide bonds. The van der Waals surface area contributed by atoms with E-state index in [1.54, 1.807) is 12.1 Å². The highest BCUT2D eigenvalue weighted by Crippen LogP contribution is 2.24. The number of hydrogen-bond donors (Lipinski definition) is 0. The van der Waals surface area contributed by atoms with Gasteiger partial charge in [-0.15, -0.1) is 0 Å². The van der Waals surface area contributed by atoms with Crippen LogP contribution < -0.4 is 0 Å². The minimum Gasteiger partial charge on any atom is -0.229 e. The fraction of sp³-hybridized carbons (Fsp3) is 0.500. The first kappa shape index (κ1) is 15.8. The molecule has 2 rings (SSSR count). The predicted molar refractivity (Wildman–Crippen MR) is 78.1 cm³/mol. The molecule has 20 heavy (non-hydrogen) atoms. The van der Waals surface area contributed by atoms with Gasteiger partial charge >= 0.3 is 0 Å². The Morgan fingerprint density at radius 2 is 1.75 bits per heavy atom. The molecule has 0 bridgehead atoms. The van der Waals surface area contributed by atoms with E-state index in [1.807, 2.05) is 0 Å². The van der Waals surface area contributed by atoms with Crippen molar-refractivity contribution in [1.82, 2.24) is 4.31 Å². The average molecular weight is 338 g/mol. The molecule has 0 unspecified atom stereocenters. The van der Waals surface area contributed by atoms with E-state index in [0.29, 0.717) is 17.9 Å². The molecule has 0 radical (unpaired) electrons. The molecule has 1 saturated heterocycles. The van der Waals surface area contributed by atoms with E-state index in [-0.39, 0.29) is 18.0 Å². The van der Waals surface area contributed by atoms with Gasteiger partial charge in [-0.25, -0.2) is 16.8 Å². The molecule has 0 atom stereocenters. The summed E-state index contributed by atoms with van der Waals surface area (Å²) in [5.41, 5.74) is 0. The first-order valence-electron chi connectivity index (χ1n) is 6.16. The smallest absolute Gasteiger partial charge is 0.229 e. The molecular formula is C12H16ClNO4S2. The topological polar surface area (TPSA) is 71.5 Å². The Balaban J connectivity index is 2.18. The van der Waals surface area contributed by atoms with Gasteiger partial charge in [0.25, 0.3) is 0 Å². The Morgan fingerprint density at radius 1 is 1.15 bits per heavy atom. The largest absolute Gasteiger partial charge is 0.243 e. The van der Waals surface area contributed by atoms with Crippen LogP contribution in [0.4, 0.5) is 0 Å². The number of halogens is 1. The SMILES string of the molecule is CS(=O)(=O)C1CCN(S(=O)(=O)c2cccc(Cl)c2)CC1. The summed E-state index contributed by atoms with van der Waals surface area (Å²) >= 11 is 5.81. The summed E-state index contributed by atoms with van der Waals surface area (Å²) in [6, 6.07) is 6.08. The minimum atomic E-state index is -3.60. The van der Waals surface area contributed by atoms with Gasteiger partial charge in [0.05, 0.1) is 10.1 Å². The molecule has 0 spiro atoms. The molecule has 1 fully saturated rings. The fourth-order valence-corrected chi connectivity index (χ4v) is 5.12. The third kappa shape index (κ3) is 3.33. The maximum absolute atomic E-state index is 12.4. The lowest BCUT2D eigenvalue weighted by molar-refractivity contribution is 0.346. The van der Waals surface area contributed by atoms with Crippen molar-refractivity contribution >= 4 is 31.5 Å². The molecule has 0 N–H and O–H groups in total. The van der Waals surface area contributed by atoms with E-state index < -0.39 is 25.1 Å². The first-order chi connectivity index (χ1) is 9.21. The van der Waals surface area contributed by atoms with Gasteiger partial charge in [-0.05, 0) is 31.0 Å². The number of hydrogen-bond acceptors (Lipinski definition) is 4. The van der Waals surface area contributed by atoms with Gasteiger partial charge in [-0.3, -0.25) is 0 Å². The molecule has 0 aliphatic carbocycles. The Kier molecular flexibility index (Phi) is 4.44. The standard InChI is InChI=1S/C12H16ClNO4S2/c1-19(15,16)11-5-7-14(8-6-11)20(17,18)12-4-2-3-10(13)9-12/h2-4,9,11H,5-8H2,1H3. The number of benzene rings is 1. The number of piperidine rings is 1. The molecule has 8 heteroatoms. The second kappa shape index (κ2) is 5.63. The van der Waals surface area contributed by atoms with E-state index in [0.717, 1.165) is 0 Å². The van der Waals surface area contributed by atoms with Crippen LogP contribution in [0.3, 0.4) is 0 Å². The van der Waals surface area contributed by atoms with Gasteiger partial charge in [-0.1, -0.05) is 17.7 Å². The number of rotatable bonds is 3. The molecule has 112 valence electrons. The van der Waals surface area contributed by atoms with Crippen LogP contribution in [-0.4, -0.2) is 45.7 Å². The van der Waals surface area contributed by atoms with Crippen LogP contribution in [0.2, 0.25) is 5.02 Å². The summed E-state index contributed by atoms with van der Waals surface area (Å²) in [5, 5.41) is -0.0922. The molecule has 1 aliphatic heterocycles. The Morgan fingerprint density at radius 3 is 2.25 bits per heavy atom. The van der Waals surface area contributed by atoms with Gasteiger partial charge in [0, 0.05) is 24.4 Å². The second-order valence-corrected chi connectivity index (χ2v) is 9.59. The van der Waals surface area contributed by atoms with E-state index in [4.69, 9.17) is 11.6 Å². The third-order valence-corrected chi connectivity index (χ3v) is 7.25. The zero-order valence-electron chi connectivity index (χ0n) is 11.0. The molecule has 1 aliphatic rings. The third-order valence-electron chi connectivity index (χ3n) is 3.44. The Bertz CT molecular complexity index is 692.